The van der Waals surface area contributed by atoms with Crippen molar-refractivity contribution < 1.29 is 4.92 Å². The number of nitrogens with zero attached hydrogens (tertiary/aromatic N) is 2. The smallest absolute Gasteiger partial charge is 0.272 e. The van der Waals surface area contributed by atoms with E-state index in [1.807, 2.05) is 6.07 Å². The standard InChI is InChI=1S/C12H14N4O2/c1-8-2-3-9(6-11(8)16(17)18)10-7-14-12(15-10)4-5-13/h2-3,6-7H,4-5,13H2,1H3,(H,14,15). The number of aromatic amines is 1. The molecule has 0 radical (unpaired) electrons. The maximum Gasteiger partial charge on any atom is 0.272 e. The molecule has 1 aromatic carbocycles. The Morgan fingerprint density at radius 3 is 2.94 bits per heavy atom. The van der Waals surface area contributed by atoms with E-state index in [0.717, 1.165) is 17.1 Å². The summed E-state index contributed by atoms with van der Waals surface area (Å²) in [5, 5.41) is 10.9. The highest BCUT2D eigenvalue weighted by Gasteiger charge is 2.12. The van der Waals surface area contributed by atoms with Gasteiger partial charge in [0.05, 0.1) is 16.8 Å². The van der Waals surface area contributed by atoms with Crippen molar-refractivity contribution in [1.29, 1.82) is 0 Å². The molecule has 0 aliphatic heterocycles. The maximum atomic E-state index is 10.9. The fourth-order valence-corrected chi connectivity index (χ4v) is 1.75. The number of rotatable bonds is 4. The Balaban J connectivity index is 2.38. The van der Waals surface area contributed by atoms with Gasteiger partial charge in [0.25, 0.3) is 5.69 Å². The zero-order valence-corrected chi connectivity index (χ0v) is 10.0. The maximum absolute atomic E-state index is 10.9. The third-order valence-corrected chi connectivity index (χ3v) is 2.73. The highest BCUT2D eigenvalue weighted by atomic mass is 16.6. The SMILES string of the molecule is Cc1ccc(-c2cnc(CCN)[nH]2)cc1[N+](=O)[O-]. The van der Waals surface area contributed by atoms with Crippen LogP contribution in [-0.4, -0.2) is 21.4 Å². The average Bonchev–Trinajstić information content (AvgIpc) is 2.78. The first kappa shape index (κ1) is 12.3. The van der Waals surface area contributed by atoms with Crippen molar-refractivity contribution >= 4 is 5.69 Å². The Labute approximate surface area is 104 Å². The van der Waals surface area contributed by atoms with Crippen molar-refractivity contribution in [3.05, 3.63) is 45.9 Å². The summed E-state index contributed by atoms with van der Waals surface area (Å²) in [4.78, 5) is 17.8. The van der Waals surface area contributed by atoms with E-state index in [1.54, 1.807) is 25.3 Å². The summed E-state index contributed by atoms with van der Waals surface area (Å²) in [6.07, 6.45) is 2.33. The number of nitrogens with one attached hydrogen (secondary N) is 1. The average molecular weight is 246 g/mol. The van der Waals surface area contributed by atoms with Crippen LogP contribution in [0.5, 0.6) is 0 Å². The molecular formula is C12H14N4O2. The molecule has 1 aromatic heterocycles. The summed E-state index contributed by atoms with van der Waals surface area (Å²) in [6.45, 7) is 2.23. The molecule has 3 N–H and O–H groups in total. The van der Waals surface area contributed by atoms with Gasteiger partial charge in [-0.25, -0.2) is 4.98 Å². The number of nitro groups is 1. The Morgan fingerprint density at radius 2 is 2.28 bits per heavy atom. The van der Waals surface area contributed by atoms with Crippen LogP contribution in [0.4, 0.5) is 5.69 Å². The molecule has 0 spiro atoms. The molecule has 94 valence electrons. The molecule has 0 atom stereocenters. The Bertz CT molecular complexity index is 577. The first-order chi connectivity index (χ1) is 8.61. The van der Waals surface area contributed by atoms with Crippen molar-refractivity contribution in [1.82, 2.24) is 9.97 Å². The summed E-state index contributed by atoms with van der Waals surface area (Å²) in [7, 11) is 0. The van der Waals surface area contributed by atoms with Crippen molar-refractivity contribution in [2.75, 3.05) is 6.54 Å². The van der Waals surface area contributed by atoms with Gasteiger partial charge >= 0.3 is 0 Å². The van der Waals surface area contributed by atoms with Gasteiger partial charge in [-0.1, -0.05) is 12.1 Å². The van der Waals surface area contributed by atoms with Crippen LogP contribution in [0.1, 0.15) is 11.4 Å². The summed E-state index contributed by atoms with van der Waals surface area (Å²) in [6, 6.07) is 5.12. The number of imidazole rings is 1. The minimum absolute atomic E-state index is 0.113. The quantitative estimate of drug-likeness (QED) is 0.634. The minimum atomic E-state index is -0.379. The molecular weight excluding hydrogens is 232 g/mol. The lowest BCUT2D eigenvalue weighted by Gasteiger charge is -2.00. The second-order valence-corrected chi connectivity index (χ2v) is 4.04. The minimum Gasteiger partial charge on any atom is -0.342 e. The molecule has 0 aliphatic carbocycles. The normalized spacial score (nSPS) is 10.6. The number of aromatic nitrogens is 2. The summed E-state index contributed by atoms with van der Waals surface area (Å²) in [5.41, 5.74) is 7.72. The van der Waals surface area contributed by atoms with E-state index in [2.05, 4.69) is 9.97 Å². The third-order valence-electron chi connectivity index (χ3n) is 2.73. The van der Waals surface area contributed by atoms with Gasteiger partial charge in [0, 0.05) is 23.6 Å². The van der Waals surface area contributed by atoms with Gasteiger partial charge < -0.3 is 10.7 Å². The highest BCUT2D eigenvalue weighted by Crippen LogP contribution is 2.25. The van der Waals surface area contributed by atoms with Crippen LogP contribution in [0.3, 0.4) is 0 Å². The van der Waals surface area contributed by atoms with E-state index < -0.39 is 0 Å². The highest BCUT2D eigenvalue weighted by molar-refractivity contribution is 5.63. The van der Waals surface area contributed by atoms with Gasteiger partial charge in [-0.05, 0) is 13.5 Å². The second-order valence-electron chi connectivity index (χ2n) is 4.04. The van der Waals surface area contributed by atoms with Gasteiger partial charge in [0.15, 0.2) is 0 Å². The van der Waals surface area contributed by atoms with Crippen LogP contribution >= 0.6 is 0 Å². The molecule has 6 heteroatoms. The predicted molar refractivity (Wildman–Crippen MR) is 68.2 cm³/mol. The largest absolute Gasteiger partial charge is 0.342 e. The molecule has 2 rings (SSSR count). The van der Waals surface area contributed by atoms with Crippen LogP contribution < -0.4 is 5.73 Å². The molecule has 6 nitrogen and oxygen atoms in total. The molecule has 0 fully saturated rings. The molecule has 0 amide bonds. The summed E-state index contributed by atoms with van der Waals surface area (Å²) in [5.74, 6) is 0.788. The van der Waals surface area contributed by atoms with Crippen LogP contribution in [0.25, 0.3) is 11.3 Å². The molecule has 1 heterocycles. The van der Waals surface area contributed by atoms with E-state index in [9.17, 15) is 10.1 Å². The van der Waals surface area contributed by atoms with Crippen LogP contribution in [0, 0.1) is 17.0 Å². The molecule has 0 saturated heterocycles. The lowest BCUT2D eigenvalue weighted by atomic mass is 10.1. The number of nitro benzene ring substituents is 1. The zero-order chi connectivity index (χ0) is 13.1. The zero-order valence-electron chi connectivity index (χ0n) is 10.0. The first-order valence-electron chi connectivity index (χ1n) is 5.61. The van der Waals surface area contributed by atoms with Crippen LogP contribution in [0.15, 0.2) is 24.4 Å². The number of aryl methyl sites for hydroxylation is 1. The number of H-pyrrole nitrogens is 1. The Morgan fingerprint density at radius 1 is 1.50 bits per heavy atom. The third kappa shape index (κ3) is 2.38. The van der Waals surface area contributed by atoms with E-state index in [0.29, 0.717) is 18.5 Å². The van der Waals surface area contributed by atoms with Gasteiger partial charge in [0.2, 0.25) is 0 Å². The van der Waals surface area contributed by atoms with Crippen molar-refractivity contribution in [3.8, 4) is 11.3 Å². The fraction of sp³-hybridized carbons (Fsp3) is 0.250. The lowest BCUT2D eigenvalue weighted by molar-refractivity contribution is -0.385. The monoisotopic (exact) mass is 246 g/mol. The molecule has 0 aliphatic rings. The van der Waals surface area contributed by atoms with Crippen LogP contribution in [0.2, 0.25) is 0 Å². The van der Waals surface area contributed by atoms with E-state index in [1.165, 1.54) is 0 Å². The number of benzene rings is 1. The van der Waals surface area contributed by atoms with Crippen molar-refractivity contribution in [2.24, 2.45) is 5.73 Å². The fourth-order valence-electron chi connectivity index (χ4n) is 1.75. The molecule has 18 heavy (non-hydrogen) atoms. The lowest BCUT2D eigenvalue weighted by Crippen LogP contribution is -2.03. The van der Waals surface area contributed by atoms with E-state index in [-0.39, 0.29) is 10.6 Å². The molecule has 0 bridgehead atoms. The Hall–Kier alpha value is -2.21. The van der Waals surface area contributed by atoms with E-state index in [4.69, 9.17) is 5.73 Å². The molecule has 0 unspecified atom stereocenters. The number of hydrogen-bond donors (Lipinski definition) is 2. The molecule has 2 aromatic rings. The first-order valence-corrected chi connectivity index (χ1v) is 5.61. The summed E-state index contributed by atoms with van der Waals surface area (Å²) < 4.78 is 0. The van der Waals surface area contributed by atoms with Crippen molar-refractivity contribution in [3.63, 3.8) is 0 Å². The van der Waals surface area contributed by atoms with Crippen LogP contribution in [-0.2, 0) is 6.42 Å². The second kappa shape index (κ2) is 4.97. The van der Waals surface area contributed by atoms with Crippen molar-refractivity contribution in [2.45, 2.75) is 13.3 Å². The number of nitrogens with two attached hydrogens (primary N) is 1. The Kier molecular flexibility index (Phi) is 3.38. The predicted octanol–water partition coefficient (Wildman–Crippen LogP) is 1.79. The summed E-state index contributed by atoms with van der Waals surface area (Å²) >= 11 is 0. The van der Waals surface area contributed by atoms with Gasteiger partial charge in [-0.2, -0.15) is 0 Å². The van der Waals surface area contributed by atoms with E-state index >= 15 is 0 Å². The van der Waals surface area contributed by atoms with Gasteiger partial charge in [0.1, 0.15) is 5.82 Å². The van der Waals surface area contributed by atoms with Gasteiger partial charge in [-0.15, -0.1) is 0 Å². The number of hydrogen-bond acceptors (Lipinski definition) is 4. The topological polar surface area (TPSA) is 97.8 Å². The molecule has 0 saturated carbocycles. The van der Waals surface area contributed by atoms with Gasteiger partial charge in [-0.3, -0.25) is 10.1 Å².